The number of fused-ring (bicyclic) bond motifs is 1. The smallest absolute Gasteiger partial charge is 0.227 e. The van der Waals surface area contributed by atoms with Crippen LogP contribution in [0.5, 0.6) is 0 Å². The molecule has 1 aromatic heterocycles. The van der Waals surface area contributed by atoms with Crippen LogP contribution < -0.4 is 15.5 Å². The van der Waals surface area contributed by atoms with Crippen LogP contribution in [0.2, 0.25) is 0 Å². The molecule has 0 aromatic carbocycles. The van der Waals surface area contributed by atoms with Crippen molar-refractivity contribution in [2.75, 3.05) is 42.9 Å². The van der Waals surface area contributed by atoms with Crippen molar-refractivity contribution in [3.63, 3.8) is 0 Å². The van der Waals surface area contributed by atoms with E-state index in [-0.39, 0.29) is 0 Å². The Labute approximate surface area is 121 Å². The van der Waals surface area contributed by atoms with Crippen molar-refractivity contribution in [2.24, 2.45) is 0 Å². The van der Waals surface area contributed by atoms with Gasteiger partial charge in [-0.25, -0.2) is 4.98 Å². The van der Waals surface area contributed by atoms with Crippen LogP contribution >= 0.6 is 0 Å². The summed E-state index contributed by atoms with van der Waals surface area (Å²) in [6.07, 6.45) is 5.89. The van der Waals surface area contributed by atoms with Gasteiger partial charge in [-0.15, -0.1) is 0 Å². The van der Waals surface area contributed by atoms with Gasteiger partial charge < -0.3 is 15.5 Å². The first-order valence-corrected chi connectivity index (χ1v) is 7.98. The molecule has 0 spiro atoms. The largest absolute Gasteiger partial charge is 0.370 e. The van der Waals surface area contributed by atoms with Crippen molar-refractivity contribution in [1.82, 2.24) is 15.3 Å². The Bertz CT molecular complexity index is 454. The zero-order valence-corrected chi connectivity index (χ0v) is 12.4. The summed E-state index contributed by atoms with van der Waals surface area (Å²) in [6.45, 7) is 7.25. The van der Waals surface area contributed by atoms with Crippen LogP contribution in [0, 0.1) is 0 Å². The Morgan fingerprint density at radius 1 is 1.15 bits per heavy atom. The molecule has 1 aromatic rings. The number of rotatable bonds is 4. The SMILES string of the molecule is CCCNc1nc(N2CCNCC2)nc2c1CCCC2. The molecule has 2 N–H and O–H groups in total. The van der Waals surface area contributed by atoms with Crippen LogP contribution in [0.25, 0.3) is 0 Å². The van der Waals surface area contributed by atoms with Crippen LogP contribution in [0.1, 0.15) is 37.4 Å². The molecule has 5 nitrogen and oxygen atoms in total. The summed E-state index contributed by atoms with van der Waals surface area (Å²) < 4.78 is 0. The molecule has 20 heavy (non-hydrogen) atoms. The minimum absolute atomic E-state index is 0.922. The standard InChI is InChI=1S/C15H25N5/c1-2-7-17-14-12-5-3-4-6-13(12)18-15(19-14)20-10-8-16-9-11-20/h16H,2-11H2,1H3,(H,17,18,19). The molecule has 1 aliphatic carbocycles. The molecule has 1 fully saturated rings. The van der Waals surface area contributed by atoms with Crippen molar-refractivity contribution in [3.8, 4) is 0 Å². The lowest BCUT2D eigenvalue weighted by molar-refractivity contribution is 0.575. The molecular formula is C15H25N5. The van der Waals surface area contributed by atoms with E-state index in [4.69, 9.17) is 9.97 Å². The van der Waals surface area contributed by atoms with Gasteiger partial charge in [0.05, 0.1) is 5.69 Å². The molecule has 2 aliphatic rings. The first kappa shape index (κ1) is 13.6. The normalized spacial score (nSPS) is 18.8. The van der Waals surface area contributed by atoms with E-state index in [2.05, 4.69) is 22.5 Å². The predicted molar refractivity (Wildman–Crippen MR) is 82.5 cm³/mol. The van der Waals surface area contributed by atoms with Crippen molar-refractivity contribution in [3.05, 3.63) is 11.3 Å². The van der Waals surface area contributed by atoms with Crippen LogP contribution in [-0.2, 0) is 12.8 Å². The molecule has 110 valence electrons. The highest BCUT2D eigenvalue weighted by Crippen LogP contribution is 2.27. The number of hydrogen-bond acceptors (Lipinski definition) is 5. The number of hydrogen-bond donors (Lipinski definition) is 2. The molecule has 3 rings (SSSR count). The van der Waals surface area contributed by atoms with E-state index >= 15 is 0 Å². The van der Waals surface area contributed by atoms with Crippen LogP contribution in [0.4, 0.5) is 11.8 Å². The van der Waals surface area contributed by atoms with Gasteiger partial charge in [0.1, 0.15) is 5.82 Å². The molecule has 0 unspecified atom stereocenters. The van der Waals surface area contributed by atoms with E-state index in [0.29, 0.717) is 0 Å². The van der Waals surface area contributed by atoms with Gasteiger partial charge in [-0.2, -0.15) is 4.98 Å². The quantitative estimate of drug-likeness (QED) is 0.874. The van der Waals surface area contributed by atoms with Crippen molar-refractivity contribution >= 4 is 11.8 Å². The lowest BCUT2D eigenvalue weighted by Gasteiger charge is -2.29. The number of piperazine rings is 1. The van der Waals surface area contributed by atoms with Gasteiger partial charge in [-0.1, -0.05) is 6.92 Å². The fourth-order valence-electron chi connectivity index (χ4n) is 2.98. The molecule has 0 bridgehead atoms. The van der Waals surface area contributed by atoms with Gasteiger partial charge in [-0.3, -0.25) is 0 Å². The summed E-state index contributed by atoms with van der Waals surface area (Å²) in [4.78, 5) is 12.0. The molecule has 1 aliphatic heterocycles. The van der Waals surface area contributed by atoms with Gasteiger partial charge in [0.15, 0.2) is 0 Å². The maximum absolute atomic E-state index is 4.85. The van der Waals surface area contributed by atoms with E-state index < -0.39 is 0 Å². The zero-order chi connectivity index (χ0) is 13.8. The van der Waals surface area contributed by atoms with E-state index in [1.165, 1.54) is 24.1 Å². The maximum Gasteiger partial charge on any atom is 0.227 e. The zero-order valence-electron chi connectivity index (χ0n) is 12.4. The van der Waals surface area contributed by atoms with Crippen LogP contribution in [0.15, 0.2) is 0 Å². The Kier molecular flexibility index (Phi) is 4.35. The Morgan fingerprint density at radius 3 is 2.75 bits per heavy atom. The average Bonchev–Trinajstić information content (AvgIpc) is 2.53. The highest BCUT2D eigenvalue weighted by molar-refractivity contribution is 5.52. The summed E-state index contributed by atoms with van der Waals surface area (Å²) in [6, 6.07) is 0. The molecule has 1 saturated heterocycles. The molecule has 0 saturated carbocycles. The summed E-state index contributed by atoms with van der Waals surface area (Å²) in [5.74, 6) is 2.01. The van der Waals surface area contributed by atoms with Crippen molar-refractivity contribution < 1.29 is 0 Å². The highest BCUT2D eigenvalue weighted by atomic mass is 15.3. The summed E-state index contributed by atoms with van der Waals surface area (Å²) in [5, 5.41) is 6.89. The minimum atomic E-state index is 0.922. The molecule has 0 radical (unpaired) electrons. The summed E-state index contributed by atoms with van der Waals surface area (Å²) in [7, 11) is 0. The van der Waals surface area contributed by atoms with Crippen LogP contribution in [-0.4, -0.2) is 42.7 Å². The molecule has 5 heteroatoms. The molecule has 0 atom stereocenters. The summed E-state index contributed by atoms with van der Waals surface area (Å²) in [5.41, 5.74) is 2.64. The third kappa shape index (κ3) is 2.87. The predicted octanol–water partition coefficient (Wildman–Crippen LogP) is 1.59. The van der Waals surface area contributed by atoms with E-state index in [0.717, 1.165) is 63.8 Å². The Hall–Kier alpha value is -1.36. The van der Waals surface area contributed by atoms with E-state index in [1.54, 1.807) is 0 Å². The lowest BCUT2D eigenvalue weighted by atomic mass is 9.96. The lowest BCUT2D eigenvalue weighted by Crippen LogP contribution is -2.44. The van der Waals surface area contributed by atoms with Gasteiger partial charge in [0, 0.05) is 38.3 Å². The van der Waals surface area contributed by atoms with Crippen molar-refractivity contribution in [2.45, 2.75) is 39.0 Å². The second-order valence-electron chi connectivity index (χ2n) is 5.67. The number of aromatic nitrogens is 2. The topological polar surface area (TPSA) is 53.1 Å². The van der Waals surface area contributed by atoms with E-state index in [1.807, 2.05) is 0 Å². The minimum Gasteiger partial charge on any atom is -0.370 e. The molecule has 2 heterocycles. The monoisotopic (exact) mass is 275 g/mol. The first-order chi connectivity index (χ1) is 9.88. The van der Waals surface area contributed by atoms with E-state index in [9.17, 15) is 0 Å². The fraction of sp³-hybridized carbons (Fsp3) is 0.733. The van der Waals surface area contributed by atoms with Gasteiger partial charge in [-0.05, 0) is 32.1 Å². The summed E-state index contributed by atoms with van der Waals surface area (Å²) >= 11 is 0. The number of anilines is 2. The third-order valence-corrected chi connectivity index (χ3v) is 4.11. The Morgan fingerprint density at radius 2 is 1.95 bits per heavy atom. The van der Waals surface area contributed by atoms with Crippen LogP contribution in [0.3, 0.4) is 0 Å². The third-order valence-electron chi connectivity index (χ3n) is 4.11. The highest BCUT2D eigenvalue weighted by Gasteiger charge is 2.21. The second-order valence-corrected chi connectivity index (χ2v) is 5.67. The van der Waals surface area contributed by atoms with Crippen molar-refractivity contribution in [1.29, 1.82) is 0 Å². The number of aryl methyl sites for hydroxylation is 1. The number of nitrogens with one attached hydrogen (secondary N) is 2. The maximum atomic E-state index is 4.85. The first-order valence-electron chi connectivity index (χ1n) is 7.98. The molecular weight excluding hydrogens is 250 g/mol. The molecule has 0 amide bonds. The van der Waals surface area contributed by atoms with Gasteiger partial charge >= 0.3 is 0 Å². The second kappa shape index (κ2) is 6.39. The Balaban J connectivity index is 1.89. The van der Waals surface area contributed by atoms with Gasteiger partial charge in [0.25, 0.3) is 0 Å². The number of nitrogens with zero attached hydrogens (tertiary/aromatic N) is 3. The van der Waals surface area contributed by atoms with Gasteiger partial charge in [0.2, 0.25) is 5.95 Å². The fourth-order valence-corrected chi connectivity index (χ4v) is 2.98. The average molecular weight is 275 g/mol.